The van der Waals surface area contributed by atoms with Crippen molar-refractivity contribution in [3.63, 3.8) is 0 Å². The lowest BCUT2D eigenvalue weighted by atomic mass is 9.88. The van der Waals surface area contributed by atoms with Crippen molar-refractivity contribution in [1.29, 1.82) is 0 Å². The van der Waals surface area contributed by atoms with E-state index in [1.807, 2.05) is 24.3 Å². The predicted octanol–water partition coefficient (Wildman–Crippen LogP) is 2.93. The smallest absolute Gasteiger partial charge is 0.325 e. The maximum Gasteiger partial charge on any atom is 0.325 e. The fourth-order valence-electron chi connectivity index (χ4n) is 4.19. The second-order valence-corrected chi connectivity index (χ2v) is 7.78. The maximum atomic E-state index is 14.2. The van der Waals surface area contributed by atoms with E-state index in [-0.39, 0.29) is 11.6 Å². The second kappa shape index (κ2) is 7.51. The van der Waals surface area contributed by atoms with E-state index in [2.05, 4.69) is 10.6 Å². The van der Waals surface area contributed by atoms with E-state index in [1.165, 1.54) is 6.92 Å². The largest absolute Gasteiger partial charge is 0.348 e. The zero-order valence-electron chi connectivity index (χ0n) is 16.4. The van der Waals surface area contributed by atoms with Gasteiger partial charge in [-0.2, -0.15) is 0 Å². The van der Waals surface area contributed by atoms with Crippen molar-refractivity contribution in [3.05, 3.63) is 70.8 Å². The number of rotatable bonds is 4. The molecule has 1 heterocycles. The highest BCUT2D eigenvalue weighted by Gasteiger charge is 2.51. The molecule has 4 rings (SSSR count). The first-order valence-electron chi connectivity index (χ1n) is 9.76. The lowest BCUT2D eigenvalue weighted by Crippen LogP contribution is -2.44. The van der Waals surface area contributed by atoms with Crippen molar-refractivity contribution in [3.8, 4) is 0 Å². The van der Waals surface area contributed by atoms with Crippen LogP contribution in [0.3, 0.4) is 0 Å². The number of hydrogen-bond donors (Lipinski definition) is 2. The average Bonchev–Trinajstić information content (AvgIpc) is 2.94. The fraction of sp³-hybridized carbons (Fsp3) is 0.318. The second-order valence-electron chi connectivity index (χ2n) is 7.78. The van der Waals surface area contributed by atoms with Gasteiger partial charge < -0.3 is 10.6 Å². The highest BCUT2D eigenvalue weighted by Crippen LogP contribution is 2.32. The van der Waals surface area contributed by atoms with Gasteiger partial charge in [0, 0.05) is 5.56 Å². The Morgan fingerprint density at radius 2 is 2.00 bits per heavy atom. The van der Waals surface area contributed by atoms with E-state index in [9.17, 15) is 23.2 Å². The van der Waals surface area contributed by atoms with Crippen molar-refractivity contribution in [2.45, 2.75) is 37.8 Å². The number of nitrogens with zero attached hydrogens (tertiary/aromatic N) is 1. The molecule has 0 aromatic heterocycles. The van der Waals surface area contributed by atoms with E-state index in [0.717, 1.165) is 53.5 Å². The summed E-state index contributed by atoms with van der Waals surface area (Å²) in [5.74, 6) is -2.86. The van der Waals surface area contributed by atoms with Gasteiger partial charge in [-0.05, 0) is 55.5 Å². The van der Waals surface area contributed by atoms with E-state index in [0.29, 0.717) is 0 Å². The minimum absolute atomic E-state index is 0.199. The molecule has 2 aromatic carbocycles. The molecule has 0 bridgehead atoms. The Bertz CT molecular complexity index is 1040. The van der Waals surface area contributed by atoms with Crippen molar-refractivity contribution in [2.24, 2.45) is 0 Å². The van der Waals surface area contributed by atoms with E-state index in [1.54, 1.807) is 0 Å². The predicted molar refractivity (Wildman–Crippen MR) is 104 cm³/mol. The summed E-state index contributed by atoms with van der Waals surface area (Å²) in [7, 11) is 0. The summed E-state index contributed by atoms with van der Waals surface area (Å²) in [5, 5.41) is 5.27. The number of imide groups is 1. The molecule has 2 atom stereocenters. The van der Waals surface area contributed by atoms with Gasteiger partial charge in [0.1, 0.15) is 23.7 Å². The number of carbonyl (C=O) groups is 3. The molecule has 0 unspecified atom stereocenters. The molecule has 8 heteroatoms. The highest BCUT2D eigenvalue weighted by atomic mass is 19.1. The van der Waals surface area contributed by atoms with Crippen molar-refractivity contribution in [2.75, 3.05) is 6.54 Å². The summed E-state index contributed by atoms with van der Waals surface area (Å²) in [4.78, 5) is 38.6. The van der Waals surface area contributed by atoms with Crippen LogP contribution in [0.2, 0.25) is 0 Å². The molecule has 156 valence electrons. The number of benzene rings is 2. The summed E-state index contributed by atoms with van der Waals surface area (Å²) in [6.45, 7) is 0.788. The Morgan fingerprint density at radius 1 is 1.23 bits per heavy atom. The number of fused-ring (bicyclic) bond motifs is 1. The van der Waals surface area contributed by atoms with Crippen LogP contribution in [-0.4, -0.2) is 29.3 Å². The first-order chi connectivity index (χ1) is 14.3. The van der Waals surface area contributed by atoms with Crippen LogP contribution in [0.15, 0.2) is 42.5 Å². The number of aryl methyl sites for hydroxylation is 1. The molecule has 1 aliphatic heterocycles. The van der Waals surface area contributed by atoms with Crippen LogP contribution in [0.5, 0.6) is 0 Å². The van der Waals surface area contributed by atoms with Gasteiger partial charge in [0.15, 0.2) is 0 Å². The van der Waals surface area contributed by atoms with E-state index < -0.39 is 41.6 Å². The first kappa shape index (κ1) is 20.0. The molecule has 6 nitrogen and oxygen atoms in total. The van der Waals surface area contributed by atoms with Gasteiger partial charge in [-0.3, -0.25) is 14.5 Å². The number of urea groups is 1. The number of halogens is 2. The van der Waals surface area contributed by atoms with Crippen LogP contribution < -0.4 is 10.6 Å². The van der Waals surface area contributed by atoms with Crippen LogP contribution in [0.25, 0.3) is 0 Å². The minimum atomic E-state index is -1.79. The average molecular weight is 413 g/mol. The molecule has 30 heavy (non-hydrogen) atoms. The van der Waals surface area contributed by atoms with Gasteiger partial charge in [-0.25, -0.2) is 13.6 Å². The monoisotopic (exact) mass is 413 g/mol. The summed E-state index contributed by atoms with van der Waals surface area (Å²) in [5.41, 5.74) is 0.116. The van der Waals surface area contributed by atoms with Crippen molar-refractivity contribution >= 4 is 17.8 Å². The number of nitrogens with one attached hydrogen (secondary N) is 2. The molecule has 1 fully saturated rings. The van der Waals surface area contributed by atoms with Gasteiger partial charge in [-0.15, -0.1) is 0 Å². The Hall–Kier alpha value is -3.29. The van der Waals surface area contributed by atoms with Crippen molar-refractivity contribution in [1.82, 2.24) is 15.5 Å². The molecule has 2 aliphatic rings. The zero-order valence-corrected chi connectivity index (χ0v) is 16.4. The molecular formula is C22H21F2N3O3. The summed E-state index contributed by atoms with van der Waals surface area (Å²) in [6.07, 6.45) is 2.62. The Kier molecular flexibility index (Phi) is 5.01. The standard InChI is InChI=1S/C22H21F2N3O3/c1-22(16-11-14(23)9-10-17(16)24)20(29)27(21(30)26-22)12-19(28)25-18-8-4-6-13-5-2-3-7-15(13)18/h2-3,5,7,9-11,18H,4,6,8,12H2,1H3,(H,25,28)(H,26,30)/t18-,22-/m0/s1. The molecule has 0 saturated carbocycles. The van der Waals surface area contributed by atoms with Crippen LogP contribution in [0.4, 0.5) is 13.6 Å². The lowest BCUT2D eigenvalue weighted by molar-refractivity contribution is -0.135. The van der Waals surface area contributed by atoms with Crippen LogP contribution >= 0.6 is 0 Å². The summed E-state index contributed by atoms with van der Waals surface area (Å²) < 4.78 is 27.9. The van der Waals surface area contributed by atoms with E-state index in [4.69, 9.17) is 0 Å². The summed E-state index contributed by atoms with van der Waals surface area (Å²) in [6, 6.07) is 9.49. The quantitative estimate of drug-likeness (QED) is 0.757. The molecule has 4 amide bonds. The van der Waals surface area contributed by atoms with Gasteiger partial charge in [0.2, 0.25) is 5.91 Å². The molecule has 2 aromatic rings. The van der Waals surface area contributed by atoms with Gasteiger partial charge >= 0.3 is 6.03 Å². The minimum Gasteiger partial charge on any atom is -0.348 e. The van der Waals surface area contributed by atoms with Crippen LogP contribution in [-0.2, 0) is 21.5 Å². The number of carbonyl (C=O) groups excluding carboxylic acids is 3. The van der Waals surface area contributed by atoms with Crippen molar-refractivity contribution < 1.29 is 23.2 Å². The first-order valence-corrected chi connectivity index (χ1v) is 9.76. The number of hydrogen-bond acceptors (Lipinski definition) is 3. The molecule has 2 N–H and O–H groups in total. The third-order valence-corrected chi connectivity index (χ3v) is 5.75. The molecular weight excluding hydrogens is 392 g/mol. The molecule has 1 saturated heterocycles. The van der Waals surface area contributed by atoms with E-state index >= 15 is 0 Å². The highest BCUT2D eigenvalue weighted by molar-refractivity contribution is 6.09. The Balaban J connectivity index is 1.50. The SMILES string of the molecule is C[C@@]1(c2cc(F)ccc2F)NC(=O)N(CC(=O)N[C@H]2CCCc3ccccc32)C1=O. The van der Waals surface area contributed by atoms with Gasteiger partial charge in [-0.1, -0.05) is 24.3 Å². The molecule has 0 radical (unpaired) electrons. The Labute approximate surface area is 172 Å². The topological polar surface area (TPSA) is 78.5 Å². The van der Waals surface area contributed by atoms with Crippen LogP contribution in [0, 0.1) is 11.6 Å². The maximum absolute atomic E-state index is 14.2. The van der Waals surface area contributed by atoms with Crippen LogP contribution in [0.1, 0.15) is 42.5 Å². The van der Waals surface area contributed by atoms with Gasteiger partial charge in [0.25, 0.3) is 5.91 Å². The normalized spacial score (nSPS) is 23.2. The molecule has 0 spiro atoms. The summed E-state index contributed by atoms with van der Waals surface area (Å²) >= 11 is 0. The third kappa shape index (κ3) is 3.42. The third-order valence-electron chi connectivity index (χ3n) is 5.75. The van der Waals surface area contributed by atoms with Gasteiger partial charge in [0.05, 0.1) is 6.04 Å². The lowest BCUT2D eigenvalue weighted by Gasteiger charge is -2.27. The Morgan fingerprint density at radius 3 is 2.80 bits per heavy atom. The number of amides is 4. The zero-order chi connectivity index (χ0) is 21.5. The fourth-order valence-corrected chi connectivity index (χ4v) is 4.19. The molecule has 1 aliphatic carbocycles.